The Labute approximate surface area is 82.8 Å². The molecule has 5 nitrogen and oxygen atoms in total. The van der Waals surface area contributed by atoms with Crippen molar-refractivity contribution in [3.05, 3.63) is 0 Å². The normalized spacial score (nSPS) is 28.1. The Hall–Kier alpha value is -1.10. The first-order chi connectivity index (χ1) is 6.58. The van der Waals surface area contributed by atoms with Crippen molar-refractivity contribution in [2.75, 3.05) is 19.6 Å². The van der Waals surface area contributed by atoms with Crippen molar-refractivity contribution in [3.8, 4) is 0 Å². The van der Waals surface area contributed by atoms with E-state index in [1.807, 2.05) is 4.90 Å². The van der Waals surface area contributed by atoms with Gasteiger partial charge < -0.3 is 15.5 Å². The second-order valence-corrected chi connectivity index (χ2v) is 4.09. The Morgan fingerprint density at radius 1 is 1.43 bits per heavy atom. The maximum absolute atomic E-state index is 11.4. The topological polar surface area (TPSA) is 66.6 Å². The van der Waals surface area contributed by atoms with Crippen LogP contribution >= 0.6 is 0 Å². The Bertz CT molecular complexity index is 273. The van der Waals surface area contributed by atoms with E-state index in [1.54, 1.807) is 11.8 Å². The quantitative estimate of drug-likeness (QED) is 0.573. The number of amides is 2. The van der Waals surface area contributed by atoms with Gasteiger partial charge in [-0.2, -0.15) is 0 Å². The maximum Gasteiger partial charge on any atom is 0.224 e. The van der Waals surface area contributed by atoms with Crippen LogP contribution in [0.2, 0.25) is 0 Å². The maximum atomic E-state index is 11.4. The minimum atomic E-state index is -0.0196. The zero-order valence-corrected chi connectivity index (χ0v) is 8.27. The minimum absolute atomic E-state index is 0.0196. The molecule has 2 heterocycles. The van der Waals surface area contributed by atoms with Crippen LogP contribution in [0.3, 0.4) is 0 Å². The van der Waals surface area contributed by atoms with E-state index < -0.39 is 0 Å². The molecular formula is C9H15N3O2. The van der Waals surface area contributed by atoms with Gasteiger partial charge in [0.05, 0.1) is 6.04 Å². The van der Waals surface area contributed by atoms with E-state index in [0.717, 1.165) is 0 Å². The number of hydrogen-bond acceptors (Lipinski definition) is 3. The van der Waals surface area contributed by atoms with Crippen LogP contribution in [0.15, 0.2) is 0 Å². The van der Waals surface area contributed by atoms with Crippen LogP contribution in [0.25, 0.3) is 0 Å². The van der Waals surface area contributed by atoms with Gasteiger partial charge in [-0.25, -0.2) is 0 Å². The molecule has 0 aromatic heterocycles. The van der Waals surface area contributed by atoms with E-state index in [-0.39, 0.29) is 23.9 Å². The summed E-state index contributed by atoms with van der Waals surface area (Å²) in [5, 5.41) is 0. The largest absolute Gasteiger partial charge is 0.339 e. The van der Waals surface area contributed by atoms with Gasteiger partial charge >= 0.3 is 0 Å². The standard InChI is InChI=1S/C9H15N3O2/c1-6(13)11-4-8(5-11)12-3-7(10)2-9(12)14/h7-8H,2-5,10H2,1H3. The first-order valence-corrected chi connectivity index (χ1v) is 4.88. The molecule has 0 bridgehead atoms. The molecule has 2 amide bonds. The predicted octanol–water partition coefficient (Wildman–Crippen LogP) is -1.22. The molecule has 0 aliphatic carbocycles. The molecule has 0 aromatic rings. The SMILES string of the molecule is CC(=O)N1CC(N2CC(N)CC2=O)C1. The number of rotatable bonds is 1. The molecule has 0 spiro atoms. The molecule has 1 atom stereocenters. The number of carbonyl (C=O) groups excluding carboxylic acids is 2. The van der Waals surface area contributed by atoms with Crippen LogP contribution in [-0.2, 0) is 9.59 Å². The molecule has 0 radical (unpaired) electrons. The molecule has 0 aromatic carbocycles. The Morgan fingerprint density at radius 2 is 2.07 bits per heavy atom. The van der Waals surface area contributed by atoms with Gasteiger partial charge in [0, 0.05) is 39.0 Å². The molecule has 2 rings (SSSR count). The summed E-state index contributed by atoms with van der Waals surface area (Å²) in [6.07, 6.45) is 0.455. The van der Waals surface area contributed by atoms with Gasteiger partial charge in [0.2, 0.25) is 11.8 Å². The average Bonchev–Trinajstić information content (AvgIpc) is 2.26. The third kappa shape index (κ3) is 1.48. The van der Waals surface area contributed by atoms with Gasteiger partial charge in [-0.05, 0) is 0 Å². The molecule has 1 unspecified atom stereocenters. The minimum Gasteiger partial charge on any atom is -0.339 e. The van der Waals surface area contributed by atoms with Crippen molar-refractivity contribution >= 4 is 11.8 Å². The fourth-order valence-corrected chi connectivity index (χ4v) is 2.02. The Balaban J connectivity index is 1.88. The van der Waals surface area contributed by atoms with E-state index in [0.29, 0.717) is 26.1 Å². The number of carbonyl (C=O) groups is 2. The molecule has 2 N–H and O–H groups in total. The van der Waals surface area contributed by atoms with E-state index in [2.05, 4.69) is 0 Å². The van der Waals surface area contributed by atoms with Crippen LogP contribution < -0.4 is 5.73 Å². The van der Waals surface area contributed by atoms with Crippen LogP contribution in [0.1, 0.15) is 13.3 Å². The molecule has 5 heteroatoms. The Kier molecular flexibility index (Phi) is 2.19. The third-order valence-corrected chi connectivity index (χ3v) is 2.94. The number of nitrogens with two attached hydrogens (primary N) is 1. The van der Waals surface area contributed by atoms with Crippen molar-refractivity contribution < 1.29 is 9.59 Å². The summed E-state index contributed by atoms with van der Waals surface area (Å²) >= 11 is 0. The van der Waals surface area contributed by atoms with Gasteiger partial charge in [-0.3, -0.25) is 9.59 Å². The van der Waals surface area contributed by atoms with Crippen molar-refractivity contribution in [1.29, 1.82) is 0 Å². The van der Waals surface area contributed by atoms with E-state index in [9.17, 15) is 9.59 Å². The summed E-state index contributed by atoms with van der Waals surface area (Å²) in [6.45, 7) is 3.55. The molecule has 2 aliphatic heterocycles. The van der Waals surface area contributed by atoms with Crippen LogP contribution in [0.4, 0.5) is 0 Å². The highest BCUT2D eigenvalue weighted by Gasteiger charge is 2.39. The highest BCUT2D eigenvalue weighted by Crippen LogP contribution is 2.20. The van der Waals surface area contributed by atoms with Crippen LogP contribution in [-0.4, -0.2) is 53.3 Å². The van der Waals surface area contributed by atoms with Crippen LogP contribution in [0.5, 0.6) is 0 Å². The lowest BCUT2D eigenvalue weighted by molar-refractivity contribution is -0.142. The second-order valence-electron chi connectivity index (χ2n) is 4.09. The lowest BCUT2D eigenvalue weighted by Gasteiger charge is -2.43. The van der Waals surface area contributed by atoms with Crippen LogP contribution in [0, 0.1) is 0 Å². The van der Waals surface area contributed by atoms with E-state index in [4.69, 9.17) is 5.73 Å². The zero-order chi connectivity index (χ0) is 10.3. The summed E-state index contributed by atoms with van der Waals surface area (Å²) < 4.78 is 0. The summed E-state index contributed by atoms with van der Waals surface area (Å²) in [4.78, 5) is 25.9. The fraction of sp³-hybridized carbons (Fsp3) is 0.778. The Morgan fingerprint density at radius 3 is 2.50 bits per heavy atom. The molecule has 0 saturated carbocycles. The summed E-state index contributed by atoms with van der Waals surface area (Å²) in [6, 6.07) is 0.189. The lowest BCUT2D eigenvalue weighted by atomic mass is 10.1. The third-order valence-electron chi connectivity index (χ3n) is 2.94. The fourth-order valence-electron chi connectivity index (χ4n) is 2.02. The molecule has 2 fully saturated rings. The average molecular weight is 197 g/mol. The molecule has 2 saturated heterocycles. The number of hydrogen-bond donors (Lipinski definition) is 1. The van der Waals surface area contributed by atoms with Crippen molar-refractivity contribution in [2.45, 2.75) is 25.4 Å². The summed E-state index contributed by atoms with van der Waals surface area (Å²) in [5.41, 5.74) is 5.68. The number of likely N-dealkylation sites (tertiary alicyclic amines) is 2. The zero-order valence-electron chi connectivity index (χ0n) is 8.27. The van der Waals surface area contributed by atoms with Gasteiger partial charge in [-0.15, -0.1) is 0 Å². The van der Waals surface area contributed by atoms with Gasteiger partial charge in [0.1, 0.15) is 0 Å². The second kappa shape index (κ2) is 3.24. The highest BCUT2D eigenvalue weighted by atomic mass is 16.2. The van der Waals surface area contributed by atoms with Gasteiger partial charge in [0.15, 0.2) is 0 Å². The summed E-state index contributed by atoms with van der Waals surface area (Å²) in [5.74, 6) is 0.211. The predicted molar refractivity (Wildman–Crippen MR) is 50.3 cm³/mol. The molecule has 78 valence electrons. The first-order valence-electron chi connectivity index (χ1n) is 4.88. The van der Waals surface area contributed by atoms with Gasteiger partial charge in [-0.1, -0.05) is 0 Å². The monoisotopic (exact) mass is 197 g/mol. The van der Waals surface area contributed by atoms with Crippen molar-refractivity contribution in [3.63, 3.8) is 0 Å². The smallest absolute Gasteiger partial charge is 0.224 e. The summed E-state index contributed by atoms with van der Waals surface area (Å²) in [7, 11) is 0. The van der Waals surface area contributed by atoms with Crippen molar-refractivity contribution in [1.82, 2.24) is 9.80 Å². The van der Waals surface area contributed by atoms with E-state index >= 15 is 0 Å². The molecule has 14 heavy (non-hydrogen) atoms. The van der Waals surface area contributed by atoms with Crippen molar-refractivity contribution in [2.24, 2.45) is 5.73 Å². The first kappa shape index (κ1) is 9.45. The number of nitrogens with zero attached hydrogens (tertiary/aromatic N) is 2. The molecular weight excluding hydrogens is 182 g/mol. The lowest BCUT2D eigenvalue weighted by Crippen LogP contribution is -2.61. The highest BCUT2D eigenvalue weighted by molar-refractivity contribution is 5.80. The van der Waals surface area contributed by atoms with Gasteiger partial charge in [0.25, 0.3) is 0 Å². The molecule has 2 aliphatic rings. The van der Waals surface area contributed by atoms with E-state index in [1.165, 1.54) is 0 Å².